The Balaban J connectivity index is 1.74. The van der Waals surface area contributed by atoms with Crippen molar-refractivity contribution in [2.75, 3.05) is 7.05 Å². The number of hydrogen-bond donors (Lipinski definition) is 1. The largest absolute Gasteiger partial charge is 0.327 e. The van der Waals surface area contributed by atoms with Crippen LogP contribution in [0.1, 0.15) is 19.4 Å². The lowest BCUT2D eigenvalue weighted by atomic mass is 10.0. The number of carbonyl (C=O) groups is 1. The Morgan fingerprint density at radius 1 is 1.00 bits per heavy atom. The highest BCUT2D eigenvalue weighted by Gasteiger charge is 2.41. The van der Waals surface area contributed by atoms with Crippen LogP contribution in [0.3, 0.4) is 0 Å². The molecule has 1 saturated heterocycles. The fourth-order valence-corrected chi connectivity index (χ4v) is 2.93. The molecule has 1 heterocycles. The van der Waals surface area contributed by atoms with Gasteiger partial charge in [0.25, 0.3) is 0 Å². The maximum absolute atomic E-state index is 12.3. The topological polar surface area (TPSA) is 32.3 Å². The van der Waals surface area contributed by atoms with Crippen LogP contribution in [0, 0.1) is 0 Å². The van der Waals surface area contributed by atoms with Crippen LogP contribution in [-0.4, -0.2) is 29.6 Å². The Morgan fingerprint density at radius 2 is 1.59 bits per heavy atom. The molecule has 3 rings (SSSR count). The van der Waals surface area contributed by atoms with E-state index in [0.717, 1.165) is 6.42 Å². The number of likely N-dealkylation sites (N-methyl/N-ethyl adjacent to an activating group) is 1. The van der Waals surface area contributed by atoms with E-state index < -0.39 is 0 Å². The molecule has 0 aliphatic carbocycles. The van der Waals surface area contributed by atoms with Gasteiger partial charge in [-0.3, -0.25) is 10.1 Å². The van der Waals surface area contributed by atoms with Crippen molar-refractivity contribution < 1.29 is 4.79 Å². The monoisotopic (exact) mass is 294 g/mol. The number of rotatable bonds is 3. The predicted molar refractivity (Wildman–Crippen MR) is 89.4 cm³/mol. The van der Waals surface area contributed by atoms with Crippen LogP contribution in [0.2, 0.25) is 0 Å². The van der Waals surface area contributed by atoms with Gasteiger partial charge < -0.3 is 4.90 Å². The van der Waals surface area contributed by atoms with Crippen LogP contribution < -0.4 is 5.32 Å². The highest BCUT2D eigenvalue weighted by atomic mass is 16.2. The third-order valence-corrected chi connectivity index (χ3v) is 4.50. The van der Waals surface area contributed by atoms with E-state index >= 15 is 0 Å². The quantitative estimate of drug-likeness (QED) is 0.943. The summed E-state index contributed by atoms with van der Waals surface area (Å²) in [5.41, 5.74) is 3.32. The van der Waals surface area contributed by atoms with Crippen LogP contribution in [0.5, 0.6) is 0 Å². The second-order valence-electron chi connectivity index (χ2n) is 6.42. The molecule has 1 aliphatic rings. The maximum Gasteiger partial charge on any atom is 0.241 e. The number of amides is 1. The van der Waals surface area contributed by atoms with E-state index in [2.05, 4.69) is 41.7 Å². The van der Waals surface area contributed by atoms with Gasteiger partial charge in [0.05, 0.1) is 11.7 Å². The predicted octanol–water partition coefficient (Wildman–Crippen LogP) is 3.06. The minimum atomic E-state index is -0.272. The molecule has 1 amide bonds. The summed E-state index contributed by atoms with van der Waals surface area (Å²) in [6.07, 6.45) is 0.724. The first kappa shape index (κ1) is 14.8. The first-order valence-corrected chi connectivity index (χ1v) is 7.67. The van der Waals surface area contributed by atoms with Gasteiger partial charge in [-0.2, -0.15) is 0 Å². The summed E-state index contributed by atoms with van der Waals surface area (Å²) < 4.78 is 0. The first-order valence-electron chi connectivity index (χ1n) is 7.67. The van der Waals surface area contributed by atoms with Crippen LogP contribution in [0.4, 0.5) is 0 Å². The lowest BCUT2D eigenvalue weighted by molar-refractivity contribution is -0.129. The zero-order chi connectivity index (χ0) is 15.7. The third kappa shape index (κ3) is 2.77. The van der Waals surface area contributed by atoms with E-state index in [4.69, 9.17) is 0 Å². The van der Waals surface area contributed by atoms with Crippen molar-refractivity contribution in [2.24, 2.45) is 0 Å². The molecule has 0 aromatic heterocycles. The molecule has 1 N–H and O–H groups in total. The van der Waals surface area contributed by atoms with Crippen LogP contribution in [0.15, 0.2) is 54.6 Å². The van der Waals surface area contributed by atoms with Gasteiger partial charge >= 0.3 is 0 Å². The molecule has 3 heteroatoms. The highest BCUT2D eigenvalue weighted by Crippen LogP contribution is 2.23. The number of nitrogens with zero attached hydrogens (tertiary/aromatic N) is 1. The van der Waals surface area contributed by atoms with Gasteiger partial charge in [-0.15, -0.1) is 0 Å². The van der Waals surface area contributed by atoms with E-state index in [1.54, 1.807) is 4.90 Å². The molecule has 2 aromatic carbocycles. The fourth-order valence-electron chi connectivity index (χ4n) is 2.93. The Morgan fingerprint density at radius 3 is 2.14 bits per heavy atom. The second kappa shape index (κ2) is 5.58. The summed E-state index contributed by atoms with van der Waals surface area (Å²) >= 11 is 0. The van der Waals surface area contributed by atoms with Crippen LogP contribution in [0.25, 0.3) is 11.1 Å². The highest BCUT2D eigenvalue weighted by molar-refractivity contribution is 5.85. The van der Waals surface area contributed by atoms with Gasteiger partial charge in [0.1, 0.15) is 0 Å². The Hall–Kier alpha value is -2.13. The Bertz CT molecular complexity index is 662. The van der Waals surface area contributed by atoms with Gasteiger partial charge in [-0.05, 0) is 37.0 Å². The minimum absolute atomic E-state index is 0.137. The molecule has 0 bridgehead atoms. The normalized spacial score (nSPS) is 20.4. The van der Waals surface area contributed by atoms with E-state index in [-0.39, 0.29) is 17.6 Å². The van der Waals surface area contributed by atoms with Crippen molar-refractivity contribution in [1.29, 1.82) is 0 Å². The second-order valence-corrected chi connectivity index (χ2v) is 6.42. The Labute approximate surface area is 132 Å². The average molecular weight is 294 g/mol. The molecule has 3 nitrogen and oxygen atoms in total. The Kier molecular flexibility index (Phi) is 3.75. The van der Waals surface area contributed by atoms with Crippen molar-refractivity contribution in [2.45, 2.75) is 32.0 Å². The summed E-state index contributed by atoms with van der Waals surface area (Å²) in [4.78, 5) is 14.1. The third-order valence-electron chi connectivity index (χ3n) is 4.50. The smallest absolute Gasteiger partial charge is 0.241 e. The van der Waals surface area contributed by atoms with Gasteiger partial charge in [0.2, 0.25) is 5.91 Å². The molecule has 0 unspecified atom stereocenters. The number of nitrogens with one attached hydrogen (secondary N) is 1. The molecule has 0 radical (unpaired) electrons. The number of carbonyl (C=O) groups excluding carboxylic acids is 1. The van der Waals surface area contributed by atoms with Crippen LogP contribution in [-0.2, 0) is 11.2 Å². The molecule has 1 fully saturated rings. The molecule has 114 valence electrons. The van der Waals surface area contributed by atoms with Gasteiger partial charge in [-0.25, -0.2) is 0 Å². The lowest BCUT2D eigenvalue weighted by Crippen LogP contribution is -2.45. The van der Waals surface area contributed by atoms with E-state index in [9.17, 15) is 4.79 Å². The molecule has 22 heavy (non-hydrogen) atoms. The number of benzene rings is 2. The van der Waals surface area contributed by atoms with E-state index in [0.29, 0.717) is 0 Å². The first-order chi connectivity index (χ1) is 10.5. The zero-order valence-electron chi connectivity index (χ0n) is 13.3. The summed E-state index contributed by atoms with van der Waals surface area (Å²) in [5.74, 6) is 0.164. The SMILES string of the molecule is CN1C(=O)[C@H](Cc2ccc(-c3ccccc3)cc2)NC1(C)C. The summed E-state index contributed by atoms with van der Waals surface area (Å²) in [5, 5.41) is 3.40. The van der Waals surface area contributed by atoms with Crippen molar-refractivity contribution in [3.8, 4) is 11.1 Å². The molecular weight excluding hydrogens is 272 g/mol. The van der Waals surface area contributed by atoms with Crippen LogP contribution >= 0.6 is 0 Å². The maximum atomic E-state index is 12.3. The summed E-state index contributed by atoms with van der Waals surface area (Å²) in [6.45, 7) is 4.06. The fraction of sp³-hybridized carbons (Fsp3) is 0.316. The van der Waals surface area contributed by atoms with Gasteiger partial charge in [0.15, 0.2) is 0 Å². The zero-order valence-corrected chi connectivity index (χ0v) is 13.3. The summed E-state index contributed by atoms with van der Waals surface area (Å²) in [6, 6.07) is 18.7. The lowest BCUT2D eigenvalue weighted by Gasteiger charge is -2.27. The standard InChI is InChI=1S/C19H22N2O/c1-19(2)20-17(18(22)21(19)3)13-14-9-11-16(12-10-14)15-7-5-4-6-8-15/h4-12,17,20H,13H2,1-3H3/t17-/m0/s1. The van der Waals surface area contributed by atoms with Gasteiger partial charge in [-0.1, -0.05) is 54.6 Å². The molecule has 0 spiro atoms. The van der Waals surface area contributed by atoms with Crippen molar-refractivity contribution in [3.05, 3.63) is 60.2 Å². The molecule has 2 aromatic rings. The van der Waals surface area contributed by atoms with Gasteiger partial charge in [0, 0.05) is 7.05 Å². The minimum Gasteiger partial charge on any atom is -0.327 e. The molecule has 1 atom stereocenters. The van der Waals surface area contributed by atoms with Crippen molar-refractivity contribution in [3.63, 3.8) is 0 Å². The molecule has 1 aliphatic heterocycles. The average Bonchev–Trinajstić information content (AvgIpc) is 2.72. The van der Waals surface area contributed by atoms with E-state index in [1.165, 1.54) is 16.7 Å². The molecule has 0 saturated carbocycles. The molecular formula is C19H22N2O. The van der Waals surface area contributed by atoms with Crippen molar-refractivity contribution >= 4 is 5.91 Å². The summed E-state index contributed by atoms with van der Waals surface area (Å²) in [7, 11) is 1.85. The van der Waals surface area contributed by atoms with Crippen molar-refractivity contribution in [1.82, 2.24) is 10.2 Å². The van der Waals surface area contributed by atoms with E-state index in [1.807, 2.05) is 39.1 Å². The number of hydrogen-bond acceptors (Lipinski definition) is 2.